The molecule has 1 aliphatic heterocycles. The van der Waals surface area contributed by atoms with Gasteiger partial charge in [0.1, 0.15) is 0 Å². The first-order valence-electron chi connectivity index (χ1n) is 9.49. The minimum atomic E-state index is 0.164. The molecule has 28 heavy (non-hydrogen) atoms. The predicted molar refractivity (Wildman–Crippen MR) is 106 cm³/mol. The third-order valence-electron chi connectivity index (χ3n) is 5.20. The van der Waals surface area contributed by atoms with Gasteiger partial charge < -0.3 is 9.32 Å². The van der Waals surface area contributed by atoms with E-state index in [1.807, 2.05) is 17.0 Å². The number of hydrogen-bond donors (Lipinski definition) is 0. The van der Waals surface area contributed by atoms with Gasteiger partial charge in [-0.2, -0.15) is 0 Å². The Morgan fingerprint density at radius 2 is 1.82 bits per heavy atom. The Balaban J connectivity index is 1.33. The molecule has 0 aliphatic carbocycles. The molecule has 0 radical (unpaired) electrons. The zero-order valence-electron chi connectivity index (χ0n) is 16.3. The highest BCUT2D eigenvalue weighted by atomic mass is 16.3. The number of benzene rings is 1. The van der Waals surface area contributed by atoms with Gasteiger partial charge in [0.05, 0.1) is 12.8 Å². The quantitative estimate of drug-likeness (QED) is 0.684. The number of carbonyl (C=O) groups excluding carboxylic acids is 1. The monoisotopic (exact) mass is 376 g/mol. The van der Waals surface area contributed by atoms with E-state index < -0.39 is 0 Å². The Hall–Kier alpha value is -2.99. The Morgan fingerprint density at radius 3 is 2.50 bits per heavy atom. The number of piperazine rings is 1. The third-order valence-corrected chi connectivity index (χ3v) is 5.20. The van der Waals surface area contributed by atoms with Crippen LogP contribution < -0.4 is 0 Å². The Kier molecular flexibility index (Phi) is 5.21. The van der Waals surface area contributed by atoms with Crippen molar-refractivity contribution in [3.05, 3.63) is 71.2 Å². The molecule has 144 valence electrons. The summed E-state index contributed by atoms with van der Waals surface area (Å²) < 4.78 is 5.31. The van der Waals surface area contributed by atoms with Crippen molar-refractivity contribution in [1.29, 1.82) is 0 Å². The second-order valence-electron chi connectivity index (χ2n) is 7.34. The maximum atomic E-state index is 12.6. The van der Waals surface area contributed by atoms with E-state index in [1.165, 1.54) is 16.7 Å². The summed E-state index contributed by atoms with van der Waals surface area (Å²) in [4.78, 5) is 25.4. The van der Waals surface area contributed by atoms with Gasteiger partial charge in [-0.15, -0.1) is 0 Å². The topological polar surface area (TPSA) is 62.5 Å². The first-order chi connectivity index (χ1) is 13.6. The van der Waals surface area contributed by atoms with E-state index in [4.69, 9.17) is 4.42 Å². The van der Waals surface area contributed by atoms with E-state index in [0.717, 1.165) is 18.7 Å². The summed E-state index contributed by atoms with van der Waals surface area (Å²) in [6.45, 7) is 7.56. The Labute approximate surface area is 164 Å². The summed E-state index contributed by atoms with van der Waals surface area (Å²) in [6, 6.07) is 10.1. The van der Waals surface area contributed by atoms with Gasteiger partial charge in [-0.05, 0) is 42.7 Å². The maximum absolute atomic E-state index is 12.6. The summed E-state index contributed by atoms with van der Waals surface area (Å²) in [6.07, 6.45) is 5.21. The van der Waals surface area contributed by atoms with Crippen LogP contribution in [0.1, 0.15) is 22.3 Å². The summed E-state index contributed by atoms with van der Waals surface area (Å²) in [5.74, 6) is 1.39. The number of rotatable bonds is 5. The normalized spacial score (nSPS) is 15.2. The van der Waals surface area contributed by atoms with Crippen LogP contribution in [0.4, 0.5) is 0 Å². The zero-order chi connectivity index (χ0) is 19.5. The highest BCUT2D eigenvalue weighted by Crippen LogP contribution is 2.17. The fraction of sp³-hybridized carbons (Fsp3) is 0.318. The summed E-state index contributed by atoms with van der Waals surface area (Å²) in [5, 5.41) is 0. The smallest absolute Gasteiger partial charge is 0.237 e. The van der Waals surface area contributed by atoms with Crippen LogP contribution in [0, 0.1) is 13.8 Å². The second-order valence-corrected chi connectivity index (χ2v) is 7.34. The second kappa shape index (κ2) is 7.94. The van der Waals surface area contributed by atoms with Crippen LogP contribution in [0.15, 0.2) is 53.4 Å². The molecule has 1 saturated heterocycles. The van der Waals surface area contributed by atoms with Crippen LogP contribution >= 0.6 is 0 Å². The lowest BCUT2D eigenvalue weighted by atomic mass is 10.1. The fourth-order valence-corrected chi connectivity index (χ4v) is 3.41. The third kappa shape index (κ3) is 4.12. The number of furan rings is 1. The molecule has 0 N–H and O–H groups in total. The molecular formula is C22H24N4O2. The van der Waals surface area contributed by atoms with Gasteiger partial charge in [-0.3, -0.25) is 9.69 Å². The molecule has 0 saturated carbocycles. The van der Waals surface area contributed by atoms with Crippen molar-refractivity contribution in [3.8, 4) is 11.6 Å². The van der Waals surface area contributed by atoms with Crippen molar-refractivity contribution in [3.63, 3.8) is 0 Å². The SMILES string of the molecule is Cc1ccc(CN2CCN(Cc3cnc(-c4ccco4)nc3)CC2=O)cc1C. The van der Waals surface area contributed by atoms with Crippen molar-refractivity contribution >= 4 is 5.91 Å². The molecule has 1 aromatic carbocycles. The lowest BCUT2D eigenvalue weighted by molar-refractivity contribution is -0.136. The van der Waals surface area contributed by atoms with Crippen LogP contribution in [-0.2, 0) is 17.9 Å². The highest BCUT2D eigenvalue weighted by Gasteiger charge is 2.24. The summed E-state index contributed by atoms with van der Waals surface area (Å²) in [5.41, 5.74) is 4.72. The molecule has 0 spiro atoms. The maximum Gasteiger partial charge on any atom is 0.237 e. The van der Waals surface area contributed by atoms with E-state index in [1.54, 1.807) is 18.7 Å². The number of aromatic nitrogens is 2. The minimum absolute atomic E-state index is 0.164. The van der Waals surface area contributed by atoms with Crippen molar-refractivity contribution < 1.29 is 9.21 Å². The van der Waals surface area contributed by atoms with Crippen LogP contribution in [0.5, 0.6) is 0 Å². The van der Waals surface area contributed by atoms with Gasteiger partial charge in [-0.25, -0.2) is 9.97 Å². The standard InChI is InChI=1S/C22H24N4O2/c1-16-5-6-18(10-17(16)2)14-26-8-7-25(15-21(26)27)13-19-11-23-22(24-12-19)20-4-3-9-28-20/h3-6,9-12H,7-8,13-15H2,1-2H3. The average Bonchev–Trinajstić information content (AvgIpc) is 3.22. The van der Waals surface area contributed by atoms with Gasteiger partial charge in [0.25, 0.3) is 0 Å². The van der Waals surface area contributed by atoms with E-state index in [0.29, 0.717) is 31.2 Å². The first-order valence-corrected chi connectivity index (χ1v) is 9.49. The van der Waals surface area contributed by atoms with E-state index in [2.05, 4.69) is 46.9 Å². The van der Waals surface area contributed by atoms with Crippen molar-refractivity contribution in [2.75, 3.05) is 19.6 Å². The molecule has 4 rings (SSSR count). The molecular weight excluding hydrogens is 352 g/mol. The van der Waals surface area contributed by atoms with Gasteiger partial charge in [0.2, 0.25) is 5.91 Å². The average molecular weight is 376 g/mol. The first kappa shape index (κ1) is 18.4. The molecule has 2 aromatic heterocycles. The van der Waals surface area contributed by atoms with Crippen molar-refractivity contribution in [2.24, 2.45) is 0 Å². The highest BCUT2D eigenvalue weighted by molar-refractivity contribution is 5.79. The zero-order valence-corrected chi connectivity index (χ0v) is 16.3. The molecule has 6 nitrogen and oxygen atoms in total. The van der Waals surface area contributed by atoms with Gasteiger partial charge in [0.15, 0.2) is 11.6 Å². The number of hydrogen-bond acceptors (Lipinski definition) is 5. The van der Waals surface area contributed by atoms with Crippen molar-refractivity contribution in [1.82, 2.24) is 19.8 Å². The summed E-state index contributed by atoms with van der Waals surface area (Å²) in [7, 11) is 0. The molecule has 6 heteroatoms. The Bertz CT molecular complexity index is 951. The van der Waals surface area contributed by atoms with Crippen LogP contribution in [0.25, 0.3) is 11.6 Å². The number of aryl methyl sites for hydroxylation is 2. The van der Waals surface area contributed by atoms with E-state index in [9.17, 15) is 4.79 Å². The molecule has 0 unspecified atom stereocenters. The molecule has 3 heterocycles. The summed E-state index contributed by atoms with van der Waals surface area (Å²) >= 11 is 0. The van der Waals surface area contributed by atoms with Crippen LogP contribution in [0.3, 0.4) is 0 Å². The fourth-order valence-electron chi connectivity index (χ4n) is 3.41. The number of carbonyl (C=O) groups is 1. The van der Waals surface area contributed by atoms with Crippen LogP contribution in [0.2, 0.25) is 0 Å². The Morgan fingerprint density at radius 1 is 1.00 bits per heavy atom. The van der Waals surface area contributed by atoms with E-state index in [-0.39, 0.29) is 5.91 Å². The molecule has 3 aromatic rings. The number of nitrogens with zero attached hydrogens (tertiary/aromatic N) is 4. The lowest BCUT2D eigenvalue weighted by Gasteiger charge is -2.34. The molecule has 1 fully saturated rings. The minimum Gasteiger partial charge on any atom is -0.461 e. The largest absolute Gasteiger partial charge is 0.461 e. The van der Waals surface area contributed by atoms with Gasteiger partial charge in [-0.1, -0.05) is 18.2 Å². The van der Waals surface area contributed by atoms with Crippen molar-refractivity contribution in [2.45, 2.75) is 26.9 Å². The van der Waals surface area contributed by atoms with E-state index >= 15 is 0 Å². The predicted octanol–water partition coefficient (Wildman–Crippen LogP) is 3.20. The molecule has 1 amide bonds. The van der Waals surface area contributed by atoms with Crippen LogP contribution in [-0.4, -0.2) is 45.3 Å². The molecule has 0 atom stereocenters. The molecule has 0 bridgehead atoms. The van der Waals surface area contributed by atoms with Gasteiger partial charge >= 0.3 is 0 Å². The number of amides is 1. The van der Waals surface area contributed by atoms with Gasteiger partial charge in [0, 0.05) is 44.1 Å². The lowest BCUT2D eigenvalue weighted by Crippen LogP contribution is -2.49. The molecule has 1 aliphatic rings.